The van der Waals surface area contributed by atoms with E-state index < -0.39 is 18.0 Å². The fraction of sp³-hybridized carbons (Fsp3) is 0.0952. The summed E-state index contributed by atoms with van der Waals surface area (Å²) in [5.41, 5.74) is 0.946. The predicted molar refractivity (Wildman–Crippen MR) is 100 cm³/mol. The van der Waals surface area contributed by atoms with E-state index in [1.54, 1.807) is 42.5 Å². The molecular formula is C21H16N2O4. The summed E-state index contributed by atoms with van der Waals surface area (Å²) in [5.74, 6) is -1.49. The van der Waals surface area contributed by atoms with Gasteiger partial charge in [-0.3, -0.25) is 4.79 Å². The zero-order chi connectivity index (χ0) is 19.4. The normalized spacial score (nSPS) is 11.4. The van der Waals surface area contributed by atoms with E-state index in [4.69, 9.17) is 10.00 Å². The Hall–Kier alpha value is -3.85. The van der Waals surface area contributed by atoms with Crippen molar-refractivity contribution in [2.24, 2.45) is 0 Å². The fourth-order valence-corrected chi connectivity index (χ4v) is 2.57. The molecule has 6 nitrogen and oxygen atoms in total. The molecule has 2 N–H and O–H groups in total. The van der Waals surface area contributed by atoms with E-state index in [0.717, 1.165) is 5.39 Å². The SMILES string of the molecule is CC(OC(=O)c1ccc2ccccc2c1O)C(=O)Nc1ccc(C#N)cc1. The van der Waals surface area contributed by atoms with E-state index >= 15 is 0 Å². The van der Waals surface area contributed by atoms with Crippen LogP contribution in [0.25, 0.3) is 10.8 Å². The van der Waals surface area contributed by atoms with Crippen molar-refractivity contribution in [2.45, 2.75) is 13.0 Å². The van der Waals surface area contributed by atoms with Crippen LogP contribution in [0.4, 0.5) is 5.69 Å². The number of carbonyl (C=O) groups is 2. The van der Waals surface area contributed by atoms with Crippen molar-refractivity contribution in [3.8, 4) is 11.8 Å². The second-order valence-corrected chi connectivity index (χ2v) is 5.91. The van der Waals surface area contributed by atoms with Crippen LogP contribution in [0.1, 0.15) is 22.8 Å². The summed E-state index contributed by atoms with van der Waals surface area (Å²) in [6.45, 7) is 1.44. The number of phenols is 1. The topological polar surface area (TPSA) is 99.4 Å². The van der Waals surface area contributed by atoms with Crippen molar-refractivity contribution >= 4 is 28.3 Å². The van der Waals surface area contributed by atoms with Crippen molar-refractivity contribution in [1.82, 2.24) is 0 Å². The maximum Gasteiger partial charge on any atom is 0.342 e. The Balaban J connectivity index is 1.70. The van der Waals surface area contributed by atoms with Crippen LogP contribution < -0.4 is 5.32 Å². The number of phenolic OH excluding ortho intramolecular Hbond substituents is 1. The lowest BCUT2D eigenvalue weighted by Crippen LogP contribution is -2.30. The molecule has 134 valence electrons. The molecule has 27 heavy (non-hydrogen) atoms. The highest BCUT2D eigenvalue weighted by atomic mass is 16.5. The summed E-state index contributed by atoms with van der Waals surface area (Å²) in [7, 11) is 0. The molecule has 0 fully saturated rings. The van der Waals surface area contributed by atoms with E-state index in [2.05, 4.69) is 5.32 Å². The van der Waals surface area contributed by atoms with Crippen LogP contribution in [0.15, 0.2) is 60.7 Å². The minimum atomic E-state index is -1.07. The van der Waals surface area contributed by atoms with Crippen molar-refractivity contribution in [3.63, 3.8) is 0 Å². The number of hydrogen-bond acceptors (Lipinski definition) is 5. The number of hydrogen-bond donors (Lipinski definition) is 2. The van der Waals surface area contributed by atoms with Gasteiger partial charge in [-0.15, -0.1) is 0 Å². The van der Waals surface area contributed by atoms with Gasteiger partial charge in [-0.2, -0.15) is 5.26 Å². The molecule has 0 spiro atoms. The predicted octanol–water partition coefficient (Wildman–Crippen LogP) is 3.60. The van der Waals surface area contributed by atoms with Gasteiger partial charge in [0.15, 0.2) is 6.10 Å². The first-order valence-electron chi connectivity index (χ1n) is 8.22. The van der Waals surface area contributed by atoms with Crippen LogP contribution in [0, 0.1) is 11.3 Å². The molecule has 1 amide bonds. The summed E-state index contributed by atoms with van der Waals surface area (Å²) in [6, 6.07) is 18.6. The Morgan fingerprint density at radius 2 is 1.78 bits per heavy atom. The average molecular weight is 360 g/mol. The molecular weight excluding hydrogens is 344 g/mol. The van der Waals surface area contributed by atoms with Gasteiger partial charge in [-0.1, -0.05) is 30.3 Å². The lowest BCUT2D eigenvalue weighted by Gasteiger charge is -2.14. The maximum absolute atomic E-state index is 12.4. The highest BCUT2D eigenvalue weighted by Crippen LogP contribution is 2.29. The first kappa shape index (κ1) is 18.0. The largest absolute Gasteiger partial charge is 0.506 e. The smallest absolute Gasteiger partial charge is 0.342 e. The van der Waals surface area contributed by atoms with E-state index in [0.29, 0.717) is 16.6 Å². The van der Waals surface area contributed by atoms with Crippen LogP contribution in [-0.4, -0.2) is 23.1 Å². The molecule has 3 rings (SSSR count). The van der Waals surface area contributed by atoms with Crippen LogP contribution in [0.5, 0.6) is 5.75 Å². The van der Waals surface area contributed by atoms with Gasteiger partial charge in [0, 0.05) is 11.1 Å². The van der Waals surface area contributed by atoms with Gasteiger partial charge in [0.1, 0.15) is 11.3 Å². The van der Waals surface area contributed by atoms with Crippen LogP contribution in [0.2, 0.25) is 0 Å². The molecule has 1 atom stereocenters. The first-order valence-corrected chi connectivity index (χ1v) is 8.22. The van der Waals surface area contributed by atoms with E-state index in [1.165, 1.54) is 13.0 Å². The van der Waals surface area contributed by atoms with Crippen molar-refractivity contribution < 1.29 is 19.4 Å². The summed E-state index contributed by atoms with van der Waals surface area (Å²) in [4.78, 5) is 24.6. The van der Waals surface area contributed by atoms with Gasteiger partial charge in [0.25, 0.3) is 5.91 Å². The maximum atomic E-state index is 12.4. The van der Waals surface area contributed by atoms with Crippen LogP contribution >= 0.6 is 0 Å². The number of fused-ring (bicyclic) bond motifs is 1. The highest BCUT2D eigenvalue weighted by molar-refractivity contribution is 6.02. The number of benzene rings is 3. The molecule has 3 aromatic rings. The third-order valence-electron chi connectivity index (χ3n) is 4.06. The lowest BCUT2D eigenvalue weighted by molar-refractivity contribution is -0.123. The number of nitrogens with zero attached hydrogens (tertiary/aromatic N) is 1. The third-order valence-corrected chi connectivity index (χ3v) is 4.06. The average Bonchev–Trinajstić information content (AvgIpc) is 2.68. The minimum Gasteiger partial charge on any atom is -0.506 e. The number of amides is 1. The number of aromatic hydroxyl groups is 1. The molecule has 0 radical (unpaired) electrons. The van der Waals surface area contributed by atoms with E-state index in [1.807, 2.05) is 18.2 Å². The zero-order valence-electron chi connectivity index (χ0n) is 14.5. The van der Waals surface area contributed by atoms with Crippen LogP contribution in [-0.2, 0) is 9.53 Å². The molecule has 0 saturated carbocycles. The number of nitrogens with one attached hydrogen (secondary N) is 1. The summed E-state index contributed by atoms with van der Waals surface area (Å²) < 4.78 is 5.18. The molecule has 6 heteroatoms. The Morgan fingerprint density at radius 3 is 2.48 bits per heavy atom. The molecule has 0 aromatic heterocycles. The van der Waals surface area contributed by atoms with E-state index in [-0.39, 0.29) is 11.3 Å². The molecule has 1 unspecified atom stereocenters. The number of nitriles is 1. The summed E-state index contributed by atoms with van der Waals surface area (Å²) in [6.07, 6.45) is -1.07. The van der Waals surface area contributed by atoms with E-state index in [9.17, 15) is 14.7 Å². The standard InChI is InChI=1S/C21H16N2O4/c1-13(20(25)23-16-9-6-14(12-22)7-10-16)27-21(26)18-11-8-15-4-2-3-5-17(15)19(18)24/h2-11,13,24H,1H3,(H,23,25). The zero-order valence-corrected chi connectivity index (χ0v) is 14.5. The molecule has 0 aliphatic carbocycles. The van der Waals surface area contributed by atoms with Crippen molar-refractivity contribution in [3.05, 3.63) is 71.8 Å². The molecule has 0 saturated heterocycles. The van der Waals surface area contributed by atoms with Crippen molar-refractivity contribution in [1.29, 1.82) is 5.26 Å². The third kappa shape index (κ3) is 3.88. The van der Waals surface area contributed by atoms with Gasteiger partial charge >= 0.3 is 5.97 Å². The molecule has 0 aliphatic heterocycles. The van der Waals surface area contributed by atoms with Crippen LogP contribution in [0.3, 0.4) is 0 Å². The Labute approximate surface area is 155 Å². The molecule has 0 heterocycles. The number of esters is 1. The minimum absolute atomic E-state index is 0.00766. The quantitative estimate of drug-likeness (QED) is 0.693. The van der Waals surface area contributed by atoms with Gasteiger partial charge < -0.3 is 15.2 Å². The van der Waals surface area contributed by atoms with Crippen molar-refractivity contribution in [2.75, 3.05) is 5.32 Å². The lowest BCUT2D eigenvalue weighted by atomic mass is 10.1. The van der Waals surface area contributed by atoms with Gasteiger partial charge in [-0.05, 0) is 42.6 Å². The number of anilines is 1. The van der Waals surface area contributed by atoms with Gasteiger partial charge in [-0.25, -0.2) is 4.79 Å². The number of carbonyl (C=O) groups excluding carboxylic acids is 2. The summed E-state index contributed by atoms with van der Waals surface area (Å²) in [5, 5.41) is 23.0. The Morgan fingerprint density at radius 1 is 1.07 bits per heavy atom. The summed E-state index contributed by atoms with van der Waals surface area (Å²) >= 11 is 0. The van der Waals surface area contributed by atoms with Gasteiger partial charge in [0.2, 0.25) is 0 Å². The molecule has 0 bridgehead atoms. The number of ether oxygens (including phenoxy) is 1. The molecule has 3 aromatic carbocycles. The Bertz CT molecular complexity index is 1050. The second-order valence-electron chi connectivity index (χ2n) is 5.91. The Kier molecular flexibility index (Phi) is 5.04. The fourth-order valence-electron chi connectivity index (χ4n) is 2.57. The molecule has 0 aliphatic rings. The second kappa shape index (κ2) is 7.58. The monoisotopic (exact) mass is 360 g/mol. The first-order chi connectivity index (χ1) is 13.0. The number of rotatable bonds is 4. The highest BCUT2D eigenvalue weighted by Gasteiger charge is 2.22. The van der Waals surface area contributed by atoms with Gasteiger partial charge in [0.05, 0.1) is 11.6 Å².